The van der Waals surface area contributed by atoms with Crippen molar-refractivity contribution >= 4 is 25.2 Å². The van der Waals surface area contributed by atoms with E-state index >= 15 is 0 Å². The predicted octanol–water partition coefficient (Wildman–Crippen LogP) is 3.33. The van der Waals surface area contributed by atoms with Gasteiger partial charge in [-0.15, -0.1) is 0 Å². The molecule has 1 unspecified atom stereocenters. The first kappa shape index (κ1) is 32.1. The molecule has 3 heterocycles. The van der Waals surface area contributed by atoms with E-state index in [1.54, 1.807) is 42.9 Å². The van der Waals surface area contributed by atoms with Crippen LogP contribution in [0.15, 0.2) is 89.8 Å². The average Bonchev–Trinajstić information content (AvgIpc) is 3.03. The number of aliphatic imine (C=N–C) groups is 1. The van der Waals surface area contributed by atoms with E-state index in [-0.39, 0.29) is 35.8 Å². The number of nitrogens with zero attached hydrogens (tertiary/aromatic N) is 4. The number of allylic oxidation sites excluding steroid dienone is 2. The van der Waals surface area contributed by atoms with Crippen LogP contribution in [0.3, 0.4) is 0 Å². The van der Waals surface area contributed by atoms with Gasteiger partial charge in [0.05, 0.1) is 37.2 Å². The number of hydrogen-bond donors (Lipinski definition) is 2. The van der Waals surface area contributed by atoms with Crippen LogP contribution in [-0.2, 0) is 29.0 Å². The quantitative estimate of drug-likeness (QED) is 0.132. The lowest BCUT2D eigenvalue weighted by Gasteiger charge is -2.29. The highest BCUT2D eigenvalue weighted by atomic mass is 16.5. The Bertz CT molecular complexity index is 1460. The van der Waals surface area contributed by atoms with Gasteiger partial charge in [0.2, 0.25) is 5.91 Å². The smallest absolute Gasteiger partial charge is 0.534 e. The molecule has 1 aromatic carbocycles. The van der Waals surface area contributed by atoms with Crippen molar-refractivity contribution in [2.24, 2.45) is 4.99 Å². The summed E-state index contributed by atoms with van der Waals surface area (Å²) in [5.41, 5.74) is 3.42. The Morgan fingerprint density at radius 2 is 1.82 bits per heavy atom. The van der Waals surface area contributed by atoms with Crippen LogP contribution >= 0.6 is 0 Å². The maximum atomic E-state index is 12.7. The zero-order valence-electron chi connectivity index (χ0n) is 25.1. The SMILES string of the molecule is CC=N/C(=C\C=C\CC(=O)NC1Cc2ccc(OC)c(C(=O)OC)c2OB1O)CN(Cc1ccccn1)Cc1ccccn1. The van der Waals surface area contributed by atoms with E-state index in [0.29, 0.717) is 25.2 Å². The second-order valence-corrected chi connectivity index (χ2v) is 9.97. The van der Waals surface area contributed by atoms with Crippen molar-refractivity contribution in [2.45, 2.75) is 38.8 Å². The van der Waals surface area contributed by atoms with Crippen LogP contribution in [0.1, 0.15) is 40.7 Å². The van der Waals surface area contributed by atoms with E-state index in [4.69, 9.17) is 14.1 Å². The minimum Gasteiger partial charge on any atom is -0.534 e. The molecule has 4 rings (SSSR count). The fraction of sp³-hybridized carbons (Fsp3) is 0.281. The summed E-state index contributed by atoms with van der Waals surface area (Å²) in [4.78, 5) is 40.7. The second kappa shape index (κ2) is 16.2. The molecule has 1 atom stereocenters. The van der Waals surface area contributed by atoms with Crippen LogP contribution in [-0.4, -0.2) is 71.8 Å². The van der Waals surface area contributed by atoms with Gasteiger partial charge in [-0.3, -0.25) is 24.7 Å². The van der Waals surface area contributed by atoms with Crippen molar-refractivity contribution in [2.75, 3.05) is 20.8 Å². The second-order valence-electron chi connectivity index (χ2n) is 9.97. The molecule has 44 heavy (non-hydrogen) atoms. The van der Waals surface area contributed by atoms with Crippen molar-refractivity contribution in [1.82, 2.24) is 20.2 Å². The Labute approximate surface area is 257 Å². The molecule has 0 aliphatic carbocycles. The third kappa shape index (κ3) is 8.85. The Kier molecular flexibility index (Phi) is 11.8. The molecule has 3 aromatic rings. The zero-order valence-corrected chi connectivity index (χ0v) is 25.1. The van der Waals surface area contributed by atoms with Crippen molar-refractivity contribution in [3.63, 3.8) is 0 Å². The number of esters is 1. The largest absolute Gasteiger partial charge is 0.547 e. The van der Waals surface area contributed by atoms with Gasteiger partial charge in [-0.1, -0.05) is 30.4 Å². The molecule has 0 saturated heterocycles. The summed E-state index contributed by atoms with van der Waals surface area (Å²) in [6, 6.07) is 15.0. The Balaban J connectivity index is 1.38. The minimum absolute atomic E-state index is 0.0807. The summed E-state index contributed by atoms with van der Waals surface area (Å²) in [5.74, 6) is -1.19. The third-order valence-corrected chi connectivity index (χ3v) is 6.81. The molecule has 1 aliphatic rings. The maximum absolute atomic E-state index is 12.7. The van der Waals surface area contributed by atoms with Crippen molar-refractivity contribution in [3.8, 4) is 11.5 Å². The summed E-state index contributed by atoms with van der Waals surface area (Å²) in [6.07, 6.45) is 11.0. The van der Waals surface area contributed by atoms with Crippen LogP contribution < -0.4 is 14.7 Å². The monoisotopic (exact) mass is 597 g/mol. The minimum atomic E-state index is -1.36. The molecule has 11 nitrogen and oxygen atoms in total. The number of hydrogen-bond acceptors (Lipinski definition) is 10. The van der Waals surface area contributed by atoms with Gasteiger partial charge in [0.15, 0.2) is 0 Å². The molecule has 0 saturated carbocycles. The van der Waals surface area contributed by atoms with Gasteiger partial charge in [-0.25, -0.2) is 4.79 Å². The molecular formula is C32H36BN5O6. The fourth-order valence-electron chi connectivity index (χ4n) is 4.79. The molecular weight excluding hydrogens is 561 g/mol. The number of pyridine rings is 2. The Morgan fingerprint density at radius 3 is 2.41 bits per heavy atom. The molecule has 0 bridgehead atoms. The Hall–Kier alpha value is -4.81. The van der Waals surface area contributed by atoms with Gasteiger partial charge in [0.25, 0.3) is 0 Å². The van der Waals surface area contributed by atoms with Crippen molar-refractivity contribution < 1.29 is 28.7 Å². The number of amides is 1. The molecule has 0 spiro atoms. The van der Waals surface area contributed by atoms with Crippen LogP contribution in [0.4, 0.5) is 0 Å². The molecule has 1 amide bonds. The predicted molar refractivity (Wildman–Crippen MR) is 167 cm³/mol. The highest BCUT2D eigenvalue weighted by Crippen LogP contribution is 2.36. The first-order valence-corrected chi connectivity index (χ1v) is 14.2. The molecule has 1 aliphatic heterocycles. The molecule has 2 aromatic heterocycles. The van der Waals surface area contributed by atoms with E-state index in [9.17, 15) is 14.6 Å². The highest BCUT2D eigenvalue weighted by molar-refractivity contribution is 6.47. The average molecular weight is 597 g/mol. The van der Waals surface area contributed by atoms with Gasteiger partial charge in [0, 0.05) is 44.7 Å². The summed E-state index contributed by atoms with van der Waals surface area (Å²) in [5, 5.41) is 13.4. The topological polar surface area (TPSA) is 135 Å². The fourth-order valence-corrected chi connectivity index (χ4v) is 4.79. The molecule has 12 heteroatoms. The Morgan fingerprint density at radius 1 is 1.11 bits per heavy atom. The number of carbonyl (C=O) groups excluding carboxylic acids is 2. The van der Waals surface area contributed by atoms with Gasteiger partial charge in [-0.2, -0.15) is 0 Å². The number of benzene rings is 1. The van der Waals surface area contributed by atoms with E-state index in [1.807, 2.05) is 49.4 Å². The van der Waals surface area contributed by atoms with Gasteiger partial charge in [-0.05, 0) is 55.3 Å². The molecule has 2 N–H and O–H groups in total. The first-order chi connectivity index (χ1) is 21.4. The van der Waals surface area contributed by atoms with E-state index in [1.165, 1.54) is 14.2 Å². The number of methoxy groups -OCH3 is 2. The number of ether oxygens (including phenoxy) is 2. The summed E-state index contributed by atoms with van der Waals surface area (Å²) >= 11 is 0. The lowest BCUT2D eigenvalue weighted by Crippen LogP contribution is -2.53. The summed E-state index contributed by atoms with van der Waals surface area (Å²) in [6.45, 7) is 3.62. The maximum Gasteiger partial charge on any atom is 0.547 e. The summed E-state index contributed by atoms with van der Waals surface area (Å²) in [7, 11) is 1.32. The number of nitrogens with one attached hydrogen (secondary N) is 1. The van der Waals surface area contributed by atoms with Crippen LogP contribution in [0.25, 0.3) is 0 Å². The van der Waals surface area contributed by atoms with Crippen LogP contribution in [0.5, 0.6) is 11.5 Å². The van der Waals surface area contributed by atoms with Crippen molar-refractivity contribution in [3.05, 3.63) is 107 Å². The molecule has 0 fully saturated rings. The third-order valence-electron chi connectivity index (χ3n) is 6.81. The van der Waals surface area contributed by atoms with Gasteiger partial charge >= 0.3 is 13.1 Å². The molecule has 228 valence electrons. The number of carbonyl (C=O) groups is 2. The van der Waals surface area contributed by atoms with Crippen LogP contribution in [0.2, 0.25) is 0 Å². The van der Waals surface area contributed by atoms with Gasteiger partial charge < -0.3 is 24.5 Å². The van der Waals surface area contributed by atoms with Crippen molar-refractivity contribution in [1.29, 1.82) is 0 Å². The summed E-state index contributed by atoms with van der Waals surface area (Å²) < 4.78 is 15.8. The number of rotatable bonds is 13. The highest BCUT2D eigenvalue weighted by Gasteiger charge is 2.38. The van der Waals surface area contributed by atoms with E-state index in [0.717, 1.165) is 17.1 Å². The lowest BCUT2D eigenvalue weighted by atomic mass is 9.72. The standard InChI is InChI=1S/C32H36BN5O6/c1-4-34-24(20-38(21-25-12-7-9-17-35-25)22-26-13-8-10-18-36-26)11-5-6-14-29(39)37-28-19-23-15-16-27(42-2)30(32(40)43-3)31(23)44-33(28)41/h4-13,15-18,28,41H,14,19-22H2,1-3H3,(H,37,39)/b6-5+,24-11-,34-4?. The number of fused-ring (bicyclic) bond motifs is 1. The van der Waals surface area contributed by atoms with E-state index in [2.05, 4.69) is 25.2 Å². The van der Waals surface area contributed by atoms with Gasteiger partial charge in [0.1, 0.15) is 17.1 Å². The normalized spacial score (nSPS) is 14.9. The number of aromatic nitrogens is 2. The van der Waals surface area contributed by atoms with E-state index < -0.39 is 19.0 Å². The first-order valence-electron chi connectivity index (χ1n) is 14.2. The molecule has 0 radical (unpaired) electrons. The lowest BCUT2D eigenvalue weighted by molar-refractivity contribution is -0.120. The van der Waals surface area contributed by atoms with Crippen LogP contribution in [0, 0.1) is 0 Å². The zero-order chi connectivity index (χ0) is 31.3.